The fraction of sp³-hybridized carbons (Fsp3) is 0.296. The number of pyridine rings is 1. The van der Waals surface area contributed by atoms with Crippen LogP contribution in [0.3, 0.4) is 0 Å². The van der Waals surface area contributed by atoms with E-state index in [1.165, 1.54) is 0 Å². The number of nitrogens with one attached hydrogen (secondary N) is 2. The van der Waals surface area contributed by atoms with Gasteiger partial charge in [-0.2, -0.15) is 0 Å². The largest absolute Gasteiger partial charge is 0.382 e. The van der Waals surface area contributed by atoms with E-state index in [9.17, 15) is 5.11 Å². The lowest BCUT2D eigenvalue weighted by Crippen LogP contribution is -2.30. The third kappa shape index (κ3) is 4.54. The van der Waals surface area contributed by atoms with E-state index in [1.807, 2.05) is 43.7 Å². The molecule has 0 saturated heterocycles. The summed E-state index contributed by atoms with van der Waals surface area (Å²) in [7, 11) is 0. The number of nitrogens with zero attached hydrogens (tertiary/aromatic N) is 3. The second-order valence-corrected chi connectivity index (χ2v) is 9.84. The van der Waals surface area contributed by atoms with Crippen molar-refractivity contribution in [3.63, 3.8) is 0 Å². The molecule has 1 fully saturated rings. The zero-order chi connectivity index (χ0) is 23.5. The standard InChI is InChI=1S/C27H29N5OS/c1-3-28-18(2)32-24-15-20-13-19(14-22(25(20)34-24)23-9-5-8-12-29-23)21-16-30-26(31-17-21)27(33)10-6-4-7-11-27/h5,8-9,12-17,28,32-33H,2-4,6-7,10-11H2,1H3. The molecule has 3 heterocycles. The van der Waals surface area contributed by atoms with Gasteiger partial charge in [-0.25, -0.2) is 9.97 Å². The van der Waals surface area contributed by atoms with Crippen LogP contribution in [0.2, 0.25) is 0 Å². The Kier molecular flexibility index (Phi) is 6.30. The van der Waals surface area contributed by atoms with Crippen molar-refractivity contribution in [1.82, 2.24) is 20.3 Å². The highest BCUT2D eigenvalue weighted by Crippen LogP contribution is 2.40. The molecule has 0 aliphatic heterocycles. The van der Waals surface area contributed by atoms with Crippen molar-refractivity contribution in [2.24, 2.45) is 0 Å². The maximum Gasteiger partial charge on any atom is 0.159 e. The number of benzene rings is 1. The number of aliphatic hydroxyl groups is 1. The number of aromatic nitrogens is 3. The molecule has 0 unspecified atom stereocenters. The van der Waals surface area contributed by atoms with E-state index in [2.05, 4.69) is 50.4 Å². The van der Waals surface area contributed by atoms with Crippen molar-refractivity contribution in [2.75, 3.05) is 11.9 Å². The summed E-state index contributed by atoms with van der Waals surface area (Å²) < 4.78 is 1.16. The van der Waals surface area contributed by atoms with Gasteiger partial charge in [0.05, 0.1) is 16.5 Å². The Morgan fingerprint density at radius 3 is 2.56 bits per heavy atom. The molecule has 174 valence electrons. The molecule has 0 atom stereocenters. The van der Waals surface area contributed by atoms with Crippen molar-refractivity contribution in [2.45, 2.75) is 44.6 Å². The summed E-state index contributed by atoms with van der Waals surface area (Å²) in [6.45, 7) is 6.90. The first kappa shape index (κ1) is 22.5. The third-order valence-corrected chi connectivity index (χ3v) is 7.40. The molecular formula is C27H29N5OS. The van der Waals surface area contributed by atoms with E-state index < -0.39 is 5.60 Å². The van der Waals surface area contributed by atoms with Crippen LogP contribution in [0.5, 0.6) is 0 Å². The van der Waals surface area contributed by atoms with Crippen molar-refractivity contribution in [3.8, 4) is 22.4 Å². The SMILES string of the molecule is C=C(NCC)Nc1cc2cc(-c3cnc(C4(O)CCCCC4)nc3)cc(-c3ccccn3)c2s1. The average Bonchev–Trinajstić information content (AvgIpc) is 3.27. The molecule has 34 heavy (non-hydrogen) atoms. The van der Waals surface area contributed by atoms with E-state index in [-0.39, 0.29) is 0 Å². The van der Waals surface area contributed by atoms with Crippen LogP contribution in [0.4, 0.5) is 5.00 Å². The van der Waals surface area contributed by atoms with Gasteiger partial charge in [0.15, 0.2) is 5.82 Å². The topological polar surface area (TPSA) is 83.0 Å². The highest BCUT2D eigenvalue weighted by molar-refractivity contribution is 7.23. The number of rotatable bonds is 7. The molecule has 0 bridgehead atoms. The summed E-state index contributed by atoms with van der Waals surface area (Å²) in [6.07, 6.45) is 10.1. The smallest absolute Gasteiger partial charge is 0.159 e. The molecule has 1 aliphatic carbocycles. The van der Waals surface area contributed by atoms with E-state index in [4.69, 9.17) is 0 Å². The van der Waals surface area contributed by atoms with Gasteiger partial charge in [-0.15, -0.1) is 11.3 Å². The summed E-state index contributed by atoms with van der Waals surface area (Å²) >= 11 is 1.68. The van der Waals surface area contributed by atoms with E-state index >= 15 is 0 Å². The predicted octanol–water partition coefficient (Wildman–Crippen LogP) is 6.06. The minimum atomic E-state index is -0.900. The summed E-state index contributed by atoms with van der Waals surface area (Å²) in [4.78, 5) is 13.8. The van der Waals surface area contributed by atoms with Crippen LogP contribution in [0.1, 0.15) is 44.9 Å². The molecule has 5 rings (SSSR count). The molecule has 3 aromatic heterocycles. The van der Waals surface area contributed by atoms with Gasteiger partial charge in [0.1, 0.15) is 5.60 Å². The van der Waals surface area contributed by atoms with Gasteiger partial charge in [-0.05, 0) is 61.0 Å². The Morgan fingerprint density at radius 2 is 1.85 bits per heavy atom. The van der Waals surface area contributed by atoms with Crippen molar-refractivity contribution < 1.29 is 5.11 Å². The maximum absolute atomic E-state index is 11.0. The fourth-order valence-corrected chi connectivity index (χ4v) is 5.67. The highest BCUT2D eigenvalue weighted by atomic mass is 32.1. The van der Waals surface area contributed by atoms with Crippen molar-refractivity contribution >= 4 is 26.4 Å². The van der Waals surface area contributed by atoms with E-state index in [0.29, 0.717) is 5.82 Å². The molecular weight excluding hydrogens is 442 g/mol. The van der Waals surface area contributed by atoms with E-state index in [1.54, 1.807) is 11.3 Å². The lowest BCUT2D eigenvalue weighted by molar-refractivity contribution is -0.00893. The van der Waals surface area contributed by atoms with Gasteiger partial charge < -0.3 is 15.7 Å². The van der Waals surface area contributed by atoms with E-state index in [0.717, 1.165) is 81.9 Å². The van der Waals surface area contributed by atoms with Crippen LogP contribution >= 0.6 is 11.3 Å². The second kappa shape index (κ2) is 9.52. The first-order valence-electron chi connectivity index (χ1n) is 11.8. The zero-order valence-electron chi connectivity index (χ0n) is 19.3. The van der Waals surface area contributed by atoms with Crippen molar-refractivity contribution in [3.05, 3.63) is 73.2 Å². The fourth-order valence-electron chi connectivity index (χ4n) is 4.58. The highest BCUT2D eigenvalue weighted by Gasteiger charge is 2.33. The molecule has 1 saturated carbocycles. The Morgan fingerprint density at radius 1 is 1.06 bits per heavy atom. The monoisotopic (exact) mass is 471 g/mol. The Hall–Kier alpha value is -3.29. The molecule has 7 heteroatoms. The van der Waals surface area contributed by atoms with Gasteiger partial charge >= 0.3 is 0 Å². The van der Waals surface area contributed by atoms with Gasteiger partial charge in [-0.3, -0.25) is 4.98 Å². The summed E-state index contributed by atoms with van der Waals surface area (Å²) in [5.41, 5.74) is 3.02. The van der Waals surface area contributed by atoms with Crippen LogP contribution in [0.25, 0.3) is 32.5 Å². The molecule has 0 radical (unpaired) electrons. The van der Waals surface area contributed by atoms with Crippen LogP contribution in [-0.2, 0) is 5.60 Å². The van der Waals surface area contributed by atoms with Gasteiger partial charge in [0.2, 0.25) is 0 Å². The Balaban J connectivity index is 1.55. The third-order valence-electron chi connectivity index (χ3n) is 6.30. The van der Waals surface area contributed by atoms with Gasteiger partial charge in [-0.1, -0.05) is 31.9 Å². The summed E-state index contributed by atoms with van der Waals surface area (Å²) in [6, 6.07) is 12.4. The molecule has 0 amide bonds. The molecule has 4 aromatic rings. The maximum atomic E-state index is 11.0. The summed E-state index contributed by atoms with van der Waals surface area (Å²) in [5.74, 6) is 1.31. The number of hydrogen-bond donors (Lipinski definition) is 3. The van der Waals surface area contributed by atoms with Crippen LogP contribution < -0.4 is 10.6 Å². The lowest BCUT2D eigenvalue weighted by Gasteiger charge is -2.30. The number of fused-ring (bicyclic) bond motifs is 1. The van der Waals surface area contributed by atoms with Crippen LogP contribution in [0, 0.1) is 0 Å². The molecule has 3 N–H and O–H groups in total. The van der Waals surface area contributed by atoms with Gasteiger partial charge in [0.25, 0.3) is 0 Å². The minimum absolute atomic E-state index is 0.533. The van der Waals surface area contributed by atoms with Crippen LogP contribution in [-0.4, -0.2) is 26.6 Å². The average molecular weight is 472 g/mol. The number of thiophene rings is 1. The molecule has 6 nitrogen and oxygen atoms in total. The minimum Gasteiger partial charge on any atom is -0.382 e. The zero-order valence-corrected chi connectivity index (χ0v) is 20.2. The quantitative estimate of drug-likeness (QED) is 0.304. The van der Waals surface area contributed by atoms with Crippen LogP contribution in [0.15, 0.2) is 67.4 Å². The number of anilines is 1. The first-order valence-corrected chi connectivity index (χ1v) is 12.6. The Bertz CT molecular complexity index is 1290. The predicted molar refractivity (Wildman–Crippen MR) is 140 cm³/mol. The van der Waals surface area contributed by atoms with Crippen molar-refractivity contribution in [1.29, 1.82) is 0 Å². The normalized spacial score (nSPS) is 15.2. The lowest BCUT2D eigenvalue weighted by atomic mass is 9.84. The second-order valence-electron chi connectivity index (χ2n) is 8.79. The molecule has 1 aliphatic rings. The number of hydrogen-bond acceptors (Lipinski definition) is 7. The first-order chi connectivity index (χ1) is 16.6. The summed E-state index contributed by atoms with van der Waals surface area (Å²) in [5, 5.41) is 19.7. The Labute approximate surface area is 203 Å². The molecule has 0 spiro atoms. The van der Waals surface area contributed by atoms with Gasteiger partial charge in [0, 0.05) is 41.0 Å². The molecule has 1 aromatic carbocycles.